The summed E-state index contributed by atoms with van der Waals surface area (Å²) in [4.78, 5) is 7.82. The van der Waals surface area contributed by atoms with Crippen LogP contribution in [0.1, 0.15) is 71.4 Å². The van der Waals surface area contributed by atoms with Crippen LogP contribution in [0.3, 0.4) is 0 Å². The monoisotopic (exact) mass is 725 g/mol. The van der Waals surface area contributed by atoms with Crippen molar-refractivity contribution in [2.45, 2.75) is 76.7 Å². The van der Waals surface area contributed by atoms with Crippen LogP contribution in [0.2, 0.25) is 0 Å². The van der Waals surface area contributed by atoms with E-state index in [9.17, 15) is 0 Å². The van der Waals surface area contributed by atoms with E-state index in [0.717, 1.165) is 11.4 Å². The van der Waals surface area contributed by atoms with Crippen molar-refractivity contribution in [2.24, 2.45) is 0 Å². The highest BCUT2D eigenvalue weighted by atomic mass is 15.3. The number of benzene rings is 7. The van der Waals surface area contributed by atoms with Gasteiger partial charge in [0.15, 0.2) is 0 Å². The molecule has 0 aromatic heterocycles. The second-order valence-electron chi connectivity index (χ2n) is 18.0. The van der Waals surface area contributed by atoms with Crippen molar-refractivity contribution in [3.63, 3.8) is 0 Å². The largest absolute Gasteiger partial charge is 0.335 e. The van der Waals surface area contributed by atoms with Gasteiger partial charge in [0.1, 0.15) is 0 Å². The smallest absolute Gasteiger partial charge is 0.252 e. The third-order valence-electron chi connectivity index (χ3n) is 14.1. The van der Waals surface area contributed by atoms with E-state index in [4.69, 9.17) is 0 Å². The van der Waals surface area contributed by atoms with Crippen LogP contribution >= 0.6 is 0 Å². The molecule has 2 atom stereocenters. The number of nitrogens with zero attached hydrogens (tertiary/aromatic N) is 3. The quantitative estimate of drug-likeness (QED) is 0.167. The number of hydrogen-bond acceptors (Lipinski definition) is 3. The summed E-state index contributed by atoms with van der Waals surface area (Å²) in [6.45, 7) is 12.2. The lowest BCUT2D eigenvalue weighted by Gasteiger charge is -2.52. The Bertz CT molecular complexity index is 2700. The summed E-state index contributed by atoms with van der Waals surface area (Å²) in [5.41, 5.74) is 17.3. The molecule has 0 N–H and O–H groups in total. The van der Waals surface area contributed by atoms with Gasteiger partial charge in [0.25, 0.3) is 6.71 Å². The van der Waals surface area contributed by atoms with Crippen molar-refractivity contribution in [3.8, 4) is 0 Å². The molecule has 1 saturated carbocycles. The molecule has 7 aromatic rings. The first-order chi connectivity index (χ1) is 27.2. The highest BCUT2D eigenvalue weighted by Gasteiger charge is 2.61. The fraction of sp³-hybridized carbons (Fsp3) is 0.231. The minimum Gasteiger partial charge on any atom is -0.335 e. The van der Waals surface area contributed by atoms with E-state index < -0.39 is 0 Å². The Morgan fingerprint density at radius 3 is 2.07 bits per heavy atom. The van der Waals surface area contributed by atoms with Crippen molar-refractivity contribution in [1.29, 1.82) is 0 Å². The van der Waals surface area contributed by atoms with Crippen LogP contribution in [0, 0.1) is 0 Å². The van der Waals surface area contributed by atoms with Gasteiger partial charge in [-0.25, -0.2) is 0 Å². The van der Waals surface area contributed by atoms with Gasteiger partial charge >= 0.3 is 0 Å². The Kier molecular flexibility index (Phi) is 7.13. The van der Waals surface area contributed by atoms with Gasteiger partial charge in [-0.2, -0.15) is 0 Å². The summed E-state index contributed by atoms with van der Waals surface area (Å²) in [7, 11) is 0. The van der Waals surface area contributed by atoms with Crippen LogP contribution in [-0.4, -0.2) is 12.3 Å². The molecular weight excluding hydrogens is 677 g/mol. The third kappa shape index (κ3) is 4.47. The zero-order valence-corrected chi connectivity index (χ0v) is 33.2. The average molecular weight is 726 g/mol. The van der Waals surface area contributed by atoms with E-state index in [1.807, 2.05) is 0 Å². The van der Waals surface area contributed by atoms with Crippen LogP contribution < -0.4 is 31.1 Å². The highest BCUT2D eigenvalue weighted by Crippen LogP contribution is 2.61. The van der Waals surface area contributed by atoms with Crippen molar-refractivity contribution >= 4 is 79.4 Å². The van der Waals surface area contributed by atoms with Gasteiger partial charge in [0.2, 0.25) is 0 Å². The lowest BCUT2D eigenvalue weighted by molar-refractivity contribution is 0.195. The Labute approximate surface area is 332 Å². The van der Waals surface area contributed by atoms with Gasteiger partial charge in [0, 0.05) is 50.6 Å². The molecule has 1 aliphatic carbocycles. The second kappa shape index (κ2) is 11.9. The maximum atomic E-state index is 2.80. The predicted octanol–water partition coefficient (Wildman–Crippen LogP) is 12.0. The molecule has 274 valence electrons. The molecule has 0 amide bonds. The number of para-hydroxylation sites is 3. The van der Waals surface area contributed by atoms with Gasteiger partial charge in [-0.1, -0.05) is 138 Å². The summed E-state index contributed by atoms with van der Waals surface area (Å²) in [5, 5.41) is 2.56. The first-order valence-electron chi connectivity index (χ1n) is 20.6. The fourth-order valence-electron chi connectivity index (χ4n) is 11.3. The van der Waals surface area contributed by atoms with Crippen LogP contribution in [0.5, 0.6) is 0 Å². The Balaban J connectivity index is 1.18. The minimum atomic E-state index is 0.0176. The van der Waals surface area contributed by atoms with Crippen LogP contribution in [0.25, 0.3) is 10.8 Å². The summed E-state index contributed by atoms with van der Waals surface area (Å²) in [6, 6.07) is 57.2. The molecule has 4 aliphatic rings. The maximum Gasteiger partial charge on any atom is 0.252 e. The molecule has 11 rings (SSSR count). The number of hydrogen-bond donors (Lipinski definition) is 0. The molecule has 0 radical (unpaired) electrons. The van der Waals surface area contributed by atoms with E-state index in [2.05, 4.69) is 201 Å². The zero-order valence-electron chi connectivity index (χ0n) is 33.2. The SMILES string of the molecule is CC(C)(C)c1ccc(N(c2ccccc2)c2ccc3c(c2)N(c2ccccc2)c2cccc4c2B3c2cccc3c2N4C2(C)CCCCC32C)c2ccccc12. The molecule has 0 spiro atoms. The molecule has 3 aliphatic heterocycles. The summed E-state index contributed by atoms with van der Waals surface area (Å²) < 4.78 is 0. The molecular formula is C52H48BN3. The summed E-state index contributed by atoms with van der Waals surface area (Å²) in [6.07, 6.45) is 5.00. The van der Waals surface area contributed by atoms with Gasteiger partial charge in [0.05, 0.1) is 11.2 Å². The highest BCUT2D eigenvalue weighted by molar-refractivity contribution is 7.00. The van der Waals surface area contributed by atoms with Crippen LogP contribution in [0.15, 0.2) is 152 Å². The van der Waals surface area contributed by atoms with Crippen LogP contribution in [0.4, 0.5) is 45.5 Å². The van der Waals surface area contributed by atoms with Gasteiger partial charge in [-0.15, -0.1) is 0 Å². The number of rotatable bonds is 4. The number of fused-ring (bicyclic) bond motifs is 8. The van der Waals surface area contributed by atoms with Gasteiger partial charge < -0.3 is 14.7 Å². The van der Waals surface area contributed by atoms with Crippen LogP contribution in [-0.2, 0) is 10.8 Å². The molecule has 4 heteroatoms. The summed E-state index contributed by atoms with van der Waals surface area (Å²) >= 11 is 0. The summed E-state index contributed by atoms with van der Waals surface area (Å²) in [5.74, 6) is 0. The zero-order chi connectivity index (χ0) is 38.0. The molecule has 7 aromatic carbocycles. The first kappa shape index (κ1) is 33.6. The maximum absolute atomic E-state index is 2.80. The van der Waals surface area contributed by atoms with E-state index in [1.54, 1.807) is 0 Å². The topological polar surface area (TPSA) is 9.72 Å². The molecule has 3 heterocycles. The molecule has 0 bridgehead atoms. The minimum absolute atomic E-state index is 0.0176. The van der Waals surface area contributed by atoms with Crippen molar-refractivity contribution in [3.05, 3.63) is 163 Å². The Morgan fingerprint density at radius 1 is 0.589 bits per heavy atom. The first-order valence-corrected chi connectivity index (χ1v) is 20.6. The third-order valence-corrected chi connectivity index (χ3v) is 14.1. The molecule has 0 saturated heterocycles. The van der Waals surface area contributed by atoms with E-state index in [0.29, 0.717) is 0 Å². The van der Waals surface area contributed by atoms with E-state index >= 15 is 0 Å². The molecule has 1 fully saturated rings. The Morgan fingerprint density at radius 2 is 1.29 bits per heavy atom. The Hall–Kier alpha value is -5.74. The van der Waals surface area contributed by atoms with Gasteiger partial charge in [-0.3, -0.25) is 0 Å². The lowest BCUT2D eigenvalue weighted by atomic mass is 9.33. The van der Waals surface area contributed by atoms with Crippen molar-refractivity contribution in [2.75, 3.05) is 14.7 Å². The fourth-order valence-corrected chi connectivity index (χ4v) is 11.3. The predicted molar refractivity (Wildman–Crippen MR) is 239 cm³/mol. The average Bonchev–Trinajstić information content (AvgIpc) is 3.43. The van der Waals surface area contributed by atoms with Crippen molar-refractivity contribution in [1.82, 2.24) is 0 Å². The molecule has 2 unspecified atom stereocenters. The normalized spacial score (nSPS) is 20.3. The van der Waals surface area contributed by atoms with Gasteiger partial charge in [-0.05, 0) is 113 Å². The van der Waals surface area contributed by atoms with Crippen molar-refractivity contribution < 1.29 is 0 Å². The van der Waals surface area contributed by atoms with E-state index in [-0.39, 0.29) is 23.1 Å². The molecule has 3 nitrogen and oxygen atoms in total. The van der Waals surface area contributed by atoms with E-state index in [1.165, 1.54) is 98.1 Å². The second-order valence-corrected chi connectivity index (χ2v) is 18.0. The standard InChI is InChI=1S/C52H48BN3/c1-50(2,3)40-29-31-44(39-23-13-12-22-38(39)40)54(35-18-8-6-9-19-35)37-28-30-42-47(34-37)55(36-20-10-7-11-21-36)45-26-17-27-46-48(45)53(42)43-25-16-24-41-49(43)56(46)52(5)33-15-14-32-51(41,52)4/h6-13,16-31,34H,14-15,32-33H2,1-5H3. The number of anilines is 8. The molecule has 56 heavy (non-hydrogen) atoms. The lowest BCUT2D eigenvalue weighted by Crippen LogP contribution is -2.64.